The summed E-state index contributed by atoms with van der Waals surface area (Å²) < 4.78 is 24.0. The van der Waals surface area contributed by atoms with Crippen LogP contribution >= 0.6 is 0 Å². The fourth-order valence-electron chi connectivity index (χ4n) is 2.38. The zero-order chi connectivity index (χ0) is 19.1. The maximum atomic E-state index is 11.9. The Labute approximate surface area is 150 Å². The fourth-order valence-corrected chi connectivity index (χ4v) is 2.89. The van der Waals surface area contributed by atoms with Crippen molar-refractivity contribution in [1.82, 2.24) is 19.6 Å². The van der Waals surface area contributed by atoms with Gasteiger partial charge in [-0.1, -0.05) is 32.9 Å². The summed E-state index contributed by atoms with van der Waals surface area (Å²) in [7, 11) is -3.72. The molecule has 0 atom stereocenters. The standard InChI is InChI=1S/C16H20N6O3S/c1-16(2,3)12-9-22-14(20-21-15(22)23)13(19-12)18-8-10-4-6-11(7-5-10)26(17,24)25/h4-7,9H,8H2,1-3H3,(H,18,19)(H,21,23)(H2,17,24,25). The Bertz CT molecular complexity index is 1110. The van der Waals surface area contributed by atoms with Crippen LogP contribution in [0.25, 0.3) is 5.65 Å². The van der Waals surface area contributed by atoms with Gasteiger partial charge in [0.15, 0.2) is 5.82 Å². The number of nitrogens with zero attached hydrogens (tertiary/aromatic N) is 3. The number of sulfonamides is 1. The number of anilines is 1. The molecule has 3 aromatic rings. The lowest BCUT2D eigenvalue weighted by Gasteiger charge is -2.19. The molecule has 138 valence electrons. The van der Waals surface area contributed by atoms with E-state index in [0.717, 1.165) is 11.3 Å². The quantitative estimate of drug-likeness (QED) is 0.621. The molecule has 0 saturated heterocycles. The molecule has 0 aliphatic rings. The van der Waals surface area contributed by atoms with Crippen LogP contribution in [-0.2, 0) is 22.0 Å². The van der Waals surface area contributed by atoms with E-state index >= 15 is 0 Å². The molecule has 0 unspecified atom stereocenters. The van der Waals surface area contributed by atoms with Crippen LogP contribution < -0.4 is 16.1 Å². The zero-order valence-corrected chi connectivity index (χ0v) is 15.5. The van der Waals surface area contributed by atoms with E-state index in [2.05, 4.69) is 20.5 Å². The molecule has 0 bridgehead atoms. The van der Waals surface area contributed by atoms with Gasteiger partial charge in [-0.25, -0.2) is 32.8 Å². The molecule has 0 aliphatic carbocycles. The van der Waals surface area contributed by atoms with E-state index in [4.69, 9.17) is 5.14 Å². The second-order valence-corrected chi connectivity index (χ2v) is 8.55. The number of hydrogen-bond acceptors (Lipinski definition) is 6. The Morgan fingerprint density at radius 1 is 1.23 bits per heavy atom. The van der Waals surface area contributed by atoms with Crippen molar-refractivity contribution in [1.29, 1.82) is 0 Å². The molecule has 4 N–H and O–H groups in total. The van der Waals surface area contributed by atoms with E-state index in [1.807, 2.05) is 20.8 Å². The van der Waals surface area contributed by atoms with Crippen LogP contribution in [0, 0.1) is 0 Å². The van der Waals surface area contributed by atoms with Crippen molar-refractivity contribution in [3.63, 3.8) is 0 Å². The smallest absolute Gasteiger partial charge is 0.347 e. The van der Waals surface area contributed by atoms with Gasteiger partial charge in [-0.2, -0.15) is 0 Å². The maximum absolute atomic E-state index is 11.9. The van der Waals surface area contributed by atoms with Crippen molar-refractivity contribution in [2.24, 2.45) is 5.14 Å². The van der Waals surface area contributed by atoms with Gasteiger partial charge in [0.2, 0.25) is 15.7 Å². The Balaban J connectivity index is 1.92. The minimum atomic E-state index is -3.72. The first-order valence-corrected chi connectivity index (χ1v) is 9.44. The summed E-state index contributed by atoms with van der Waals surface area (Å²) in [5, 5.41) is 14.7. The molecule has 2 heterocycles. The lowest BCUT2D eigenvalue weighted by molar-refractivity contribution is 0.565. The highest BCUT2D eigenvalue weighted by Gasteiger charge is 2.20. The molecule has 0 spiro atoms. The van der Waals surface area contributed by atoms with Crippen molar-refractivity contribution >= 4 is 21.5 Å². The topological polar surface area (TPSA) is 135 Å². The van der Waals surface area contributed by atoms with Crippen molar-refractivity contribution in [3.05, 3.63) is 52.2 Å². The van der Waals surface area contributed by atoms with Crippen LogP contribution in [-0.4, -0.2) is 28.0 Å². The third-order valence-electron chi connectivity index (χ3n) is 3.88. The highest BCUT2D eigenvalue weighted by Crippen LogP contribution is 2.23. The van der Waals surface area contributed by atoms with Crippen LogP contribution in [0.2, 0.25) is 0 Å². The number of aromatic nitrogens is 4. The van der Waals surface area contributed by atoms with Gasteiger partial charge < -0.3 is 5.32 Å². The number of nitrogens with one attached hydrogen (secondary N) is 2. The molecule has 26 heavy (non-hydrogen) atoms. The number of fused-ring (bicyclic) bond motifs is 1. The monoisotopic (exact) mass is 376 g/mol. The summed E-state index contributed by atoms with van der Waals surface area (Å²) in [4.78, 5) is 16.6. The SMILES string of the molecule is CC(C)(C)c1cn2c(=O)[nH]nc2c(NCc2ccc(S(N)(=O)=O)cc2)n1. The average Bonchev–Trinajstić information content (AvgIpc) is 2.93. The Kier molecular flexibility index (Phi) is 4.32. The summed E-state index contributed by atoms with van der Waals surface area (Å²) >= 11 is 0. The lowest BCUT2D eigenvalue weighted by Crippen LogP contribution is -2.19. The van der Waals surface area contributed by atoms with E-state index in [1.54, 1.807) is 18.3 Å². The van der Waals surface area contributed by atoms with Crippen LogP contribution in [0.4, 0.5) is 5.82 Å². The van der Waals surface area contributed by atoms with Crippen molar-refractivity contribution in [2.45, 2.75) is 37.6 Å². The predicted molar refractivity (Wildman–Crippen MR) is 97.4 cm³/mol. The summed E-state index contributed by atoms with van der Waals surface area (Å²) in [6.45, 7) is 6.38. The first-order valence-electron chi connectivity index (χ1n) is 7.89. The second kappa shape index (κ2) is 6.22. The second-order valence-electron chi connectivity index (χ2n) is 6.99. The van der Waals surface area contributed by atoms with Crippen molar-refractivity contribution < 1.29 is 8.42 Å². The molecule has 10 heteroatoms. The van der Waals surface area contributed by atoms with E-state index in [0.29, 0.717) is 18.0 Å². The summed E-state index contributed by atoms with van der Waals surface area (Å²) in [6, 6.07) is 6.21. The normalized spacial score (nSPS) is 12.5. The Morgan fingerprint density at radius 2 is 1.88 bits per heavy atom. The maximum Gasteiger partial charge on any atom is 0.347 e. The minimum absolute atomic E-state index is 0.0512. The van der Waals surface area contributed by atoms with Gasteiger partial charge in [0.1, 0.15) is 0 Å². The molecule has 2 aromatic heterocycles. The molecule has 9 nitrogen and oxygen atoms in total. The largest absolute Gasteiger partial charge is 0.363 e. The number of benzene rings is 1. The van der Waals surface area contributed by atoms with Gasteiger partial charge in [-0.15, -0.1) is 5.10 Å². The van der Waals surface area contributed by atoms with E-state index in [-0.39, 0.29) is 16.0 Å². The summed E-state index contributed by atoms with van der Waals surface area (Å²) in [6.07, 6.45) is 1.67. The van der Waals surface area contributed by atoms with Gasteiger partial charge in [0.05, 0.1) is 10.6 Å². The Morgan fingerprint density at radius 3 is 2.46 bits per heavy atom. The van der Waals surface area contributed by atoms with Gasteiger partial charge in [0.25, 0.3) is 0 Å². The minimum Gasteiger partial charge on any atom is -0.363 e. The van der Waals surface area contributed by atoms with Gasteiger partial charge in [-0.3, -0.25) is 0 Å². The van der Waals surface area contributed by atoms with E-state index in [1.165, 1.54) is 16.5 Å². The van der Waals surface area contributed by atoms with Crippen molar-refractivity contribution in [3.8, 4) is 0 Å². The van der Waals surface area contributed by atoms with Crippen LogP contribution in [0.1, 0.15) is 32.0 Å². The van der Waals surface area contributed by atoms with Crippen LogP contribution in [0.3, 0.4) is 0 Å². The molecule has 0 aliphatic heterocycles. The molecule has 0 fully saturated rings. The first kappa shape index (κ1) is 18.1. The Hall–Kier alpha value is -2.72. The molecule has 3 rings (SSSR count). The molecular formula is C16H20N6O3S. The van der Waals surface area contributed by atoms with E-state index in [9.17, 15) is 13.2 Å². The molecule has 0 amide bonds. The molecule has 0 saturated carbocycles. The van der Waals surface area contributed by atoms with Crippen molar-refractivity contribution in [2.75, 3.05) is 5.32 Å². The van der Waals surface area contributed by atoms with Gasteiger partial charge in [-0.05, 0) is 17.7 Å². The number of H-pyrrole nitrogens is 1. The fraction of sp³-hybridized carbons (Fsp3) is 0.312. The summed E-state index contributed by atoms with van der Waals surface area (Å²) in [5.41, 5.74) is 1.37. The third-order valence-corrected chi connectivity index (χ3v) is 4.81. The van der Waals surface area contributed by atoms with E-state index < -0.39 is 10.0 Å². The molecule has 1 aromatic carbocycles. The number of hydrogen-bond donors (Lipinski definition) is 3. The summed E-state index contributed by atoms with van der Waals surface area (Å²) in [5.74, 6) is 0.464. The number of primary sulfonamides is 1. The zero-order valence-electron chi connectivity index (χ0n) is 14.6. The third kappa shape index (κ3) is 3.60. The number of aromatic amines is 1. The molecular weight excluding hydrogens is 356 g/mol. The number of rotatable bonds is 4. The first-order chi connectivity index (χ1) is 12.1. The average molecular weight is 376 g/mol. The molecule has 0 radical (unpaired) electrons. The predicted octanol–water partition coefficient (Wildman–Crippen LogP) is 0.975. The highest BCUT2D eigenvalue weighted by atomic mass is 32.2. The van der Waals surface area contributed by atoms with Crippen LogP contribution in [0.15, 0.2) is 40.2 Å². The van der Waals surface area contributed by atoms with Gasteiger partial charge in [0, 0.05) is 18.2 Å². The van der Waals surface area contributed by atoms with Crippen LogP contribution in [0.5, 0.6) is 0 Å². The highest BCUT2D eigenvalue weighted by molar-refractivity contribution is 7.89. The lowest BCUT2D eigenvalue weighted by atomic mass is 9.93. The number of nitrogens with two attached hydrogens (primary N) is 1. The van der Waals surface area contributed by atoms with Gasteiger partial charge >= 0.3 is 5.69 Å².